The number of benzene rings is 2. The van der Waals surface area contributed by atoms with Crippen LogP contribution < -0.4 is 5.32 Å². The molecule has 0 aromatic heterocycles. The monoisotopic (exact) mass is 339 g/mol. The number of esters is 1. The fourth-order valence-electron chi connectivity index (χ4n) is 2.65. The van der Waals surface area contributed by atoms with Crippen LogP contribution in [0.1, 0.15) is 35.8 Å². The van der Waals surface area contributed by atoms with Crippen molar-refractivity contribution in [3.8, 4) is 0 Å². The number of ketones is 1. The highest BCUT2D eigenvalue weighted by Crippen LogP contribution is 2.27. The van der Waals surface area contributed by atoms with Crippen molar-refractivity contribution in [2.24, 2.45) is 5.92 Å². The van der Waals surface area contributed by atoms with Crippen molar-refractivity contribution >= 4 is 17.7 Å². The molecule has 130 valence electrons. The zero-order valence-corrected chi connectivity index (χ0v) is 14.3. The van der Waals surface area contributed by atoms with E-state index in [1.807, 2.05) is 6.07 Å². The van der Waals surface area contributed by atoms with Gasteiger partial charge >= 0.3 is 5.97 Å². The van der Waals surface area contributed by atoms with Crippen LogP contribution in [0, 0.1) is 5.92 Å². The topological polar surface area (TPSA) is 72.5 Å². The van der Waals surface area contributed by atoms with Crippen LogP contribution in [0.5, 0.6) is 0 Å². The SMILES string of the molecule is CCOC(=O)[C@@H](C(=O)c1ccccc1)[C@@H](NC(C)=O)c1ccccc1. The number of nitrogens with one attached hydrogen (secondary N) is 1. The Kier molecular flexibility index (Phi) is 6.46. The minimum atomic E-state index is -1.16. The summed E-state index contributed by atoms with van der Waals surface area (Å²) >= 11 is 0. The van der Waals surface area contributed by atoms with Gasteiger partial charge in [0.1, 0.15) is 5.92 Å². The van der Waals surface area contributed by atoms with E-state index in [1.54, 1.807) is 61.5 Å². The second kappa shape index (κ2) is 8.78. The number of rotatable bonds is 7. The van der Waals surface area contributed by atoms with E-state index in [2.05, 4.69) is 5.32 Å². The maximum Gasteiger partial charge on any atom is 0.319 e. The molecule has 2 atom stereocenters. The van der Waals surface area contributed by atoms with Gasteiger partial charge in [-0.15, -0.1) is 0 Å². The Morgan fingerprint density at radius 3 is 2.04 bits per heavy atom. The lowest BCUT2D eigenvalue weighted by molar-refractivity contribution is -0.147. The van der Waals surface area contributed by atoms with Crippen LogP contribution in [0.4, 0.5) is 0 Å². The lowest BCUT2D eigenvalue weighted by Gasteiger charge is -2.26. The van der Waals surface area contributed by atoms with Gasteiger partial charge in [0.25, 0.3) is 0 Å². The molecule has 0 heterocycles. The molecule has 1 N–H and O–H groups in total. The van der Waals surface area contributed by atoms with E-state index in [0.717, 1.165) is 0 Å². The highest BCUT2D eigenvalue weighted by atomic mass is 16.5. The highest BCUT2D eigenvalue weighted by molar-refractivity contribution is 6.09. The Bertz CT molecular complexity index is 728. The highest BCUT2D eigenvalue weighted by Gasteiger charge is 2.38. The predicted molar refractivity (Wildman–Crippen MR) is 93.9 cm³/mol. The number of carbonyl (C=O) groups is 3. The summed E-state index contributed by atoms with van der Waals surface area (Å²) in [4.78, 5) is 37.3. The first kappa shape index (κ1) is 18.4. The number of carbonyl (C=O) groups excluding carboxylic acids is 3. The third-order valence-corrected chi connectivity index (χ3v) is 3.73. The van der Waals surface area contributed by atoms with Gasteiger partial charge in [-0.3, -0.25) is 14.4 Å². The van der Waals surface area contributed by atoms with E-state index >= 15 is 0 Å². The minimum Gasteiger partial charge on any atom is -0.465 e. The Balaban J connectivity index is 2.48. The van der Waals surface area contributed by atoms with Crippen molar-refractivity contribution < 1.29 is 19.1 Å². The molecule has 0 aliphatic heterocycles. The largest absolute Gasteiger partial charge is 0.465 e. The summed E-state index contributed by atoms with van der Waals surface area (Å²) < 4.78 is 5.12. The molecule has 1 amide bonds. The van der Waals surface area contributed by atoms with Gasteiger partial charge in [0.2, 0.25) is 5.91 Å². The second-order valence-electron chi connectivity index (χ2n) is 5.55. The van der Waals surface area contributed by atoms with E-state index in [-0.39, 0.29) is 18.3 Å². The van der Waals surface area contributed by atoms with Gasteiger partial charge in [-0.1, -0.05) is 60.7 Å². The molecule has 2 aromatic rings. The lowest BCUT2D eigenvalue weighted by Crippen LogP contribution is -2.40. The number of Topliss-reactive ketones (excluding diaryl/α,β-unsaturated/α-hetero) is 1. The first-order valence-electron chi connectivity index (χ1n) is 8.12. The molecule has 0 aliphatic carbocycles. The summed E-state index contributed by atoms with van der Waals surface area (Å²) in [6.07, 6.45) is 0. The second-order valence-corrected chi connectivity index (χ2v) is 5.55. The molecule has 0 aliphatic rings. The summed E-state index contributed by atoms with van der Waals surface area (Å²) in [5.41, 5.74) is 1.06. The maximum atomic E-state index is 13.0. The average molecular weight is 339 g/mol. The van der Waals surface area contributed by atoms with Crippen LogP contribution in [-0.2, 0) is 14.3 Å². The molecule has 0 saturated carbocycles. The fourth-order valence-corrected chi connectivity index (χ4v) is 2.65. The molecule has 5 nitrogen and oxygen atoms in total. The summed E-state index contributed by atoms with van der Waals surface area (Å²) in [7, 11) is 0. The summed E-state index contributed by atoms with van der Waals surface area (Å²) in [6.45, 7) is 3.18. The van der Waals surface area contributed by atoms with Crippen molar-refractivity contribution in [3.63, 3.8) is 0 Å². The number of amides is 1. The van der Waals surface area contributed by atoms with Crippen LogP contribution in [0.25, 0.3) is 0 Å². The molecule has 0 spiro atoms. The first-order chi connectivity index (χ1) is 12.0. The van der Waals surface area contributed by atoms with Crippen molar-refractivity contribution in [2.45, 2.75) is 19.9 Å². The van der Waals surface area contributed by atoms with E-state index in [4.69, 9.17) is 4.74 Å². The summed E-state index contributed by atoms with van der Waals surface area (Å²) in [5.74, 6) is -2.53. The smallest absolute Gasteiger partial charge is 0.319 e. The summed E-state index contributed by atoms with van der Waals surface area (Å²) in [5, 5.41) is 2.73. The molecular formula is C20H21NO4. The van der Waals surface area contributed by atoms with Gasteiger partial charge in [-0.2, -0.15) is 0 Å². The van der Waals surface area contributed by atoms with E-state index in [0.29, 0.717) is 11.1 Å². The minimum absolute atomic E-state index is 0.152. The third kappa shape index (κ3) is 4.76. The maximum absolute atomic E-state index is 13.0. The van der Waals surface area contributed by atoms with Crippen LogP contribution in [0.2, 0.25) is 0 Å². The fraction of sp³-hybridized carbons (Fsp3) is 0.250. The first-order valence-corrected chi connectivity index (χ1v) is 8.12. The molecule has 0 unspecified atom stereocenters. The quantitative estimate of drug-likeness (QED) is 0.478. The zero-order valence-electron chi connectivity index (χ0n) is 14.3. The van der Waals surface area contributed by atoms with E-state index < -0.39 is 17.9 Å². The standard InChI is InChI=1S/C20H21NO4/c1-3-25-20(24)17(19(23)16-12-8-5-9-13-16)18(21-14(2)22)15-10-6-4-7-11-15/h4-13,17-18H,3H2,1-2H3,(H,21,22)/t17-,18+/m1/s1. The molecule has 0 saturated heterocycles. The van der Waals surface area contributed by atoms with Crippen LogP contribution in [-0.4, -0.2) is 24.3 Å². The van der Waals surface area contributed by atoms with Gasteiger partial charge in [-0.25, -0.2) is 0 Å². The molecule has 0 bridgehead atoms. The lowest BCUT2D eigenvalue weighted by atomic mass is 9.86. The van der Waals surface area contributed by atoms with Gasteiger partial charge < -0.3 is 10.1 Å². The van der Waals surface area contributed by atoms with Crippen LogP contribution in [0.3, 0.4) is 0 Å². The predicted octanol–water partition coefficient (Wildman–Crippen LogP) is 2.93. The molecule has 25 heavy (non-hydrogen) atoms. The van der Waals surface area contributed by atoms with E-state index in [1.165, 1.54) is 6.92 Å². The molecule has 0 fully saturated rings. The molecule has 0 radical (unpaired) electrons. The summed E-state index contributed by atoms with van der Waals surface area (Å²) in [6, 6.07) is 16.7. The van der Waals surface area contributed by atoms with Crippen molar-refractivity contribution in [2.75, 3.05) is 6.61 Å². The van der Waals surface area contributed by atoms with E-state index in [9.17, 15) is 14.4 Å². The van der Waals surface area contributed by atoms with Crippen LogP contribution in [0.15, 0.2) is 60.7 Å². The number of hydrogen-bond donors (Lipinski definition) is 1. The molecular weight excluding hydrogens is 318 g/mol. The molecule has 2 aromatic carbocycles. The zero-order chi connectivity index (χ0) is 18.2. The normalized spacial score (nSPS) is 12.7. The van der Waals surface area contributed by atoms with Crippen LogP contribution >= 0.6 is 0 Å². The Morgan fingerprint density at radius 1 is 0.960 bits per heavy atom. The Hall–Kier alpha value is -2.95. The molecule has 5 heteroatoms. The van der Waals surface area contributed by atoms with Crippen molar-refractivity contribution in [1.82, 2.24) is 5.32 Å². The van der Waals surface area contributed by atoms with Crippen molar-refractivity contribution in [3.05, 3.63) is 71.8 Å². The third-order valence-electron chi connectivity index (χ3n) is 3.73. The van der Waals surface area contributed by atoms with Gasteiger partial charge in [0, 0.05) is 12.5 Å². The van der Waals surface area contributed by atoms with Gasteiger partial charge in [0.15, 0.2) is 5.78 Å². The molecule has 2 rings (SSSR count). The van der Waals surface area contributed by atoms with Gasteiger partial charge in [-0.05, 0) is 12.5 Å². The number of hydrogen-bond acceptors (Lipinski definition) is 4. The number of ether oxygens (including phenoxy) is 1. The van der Waals surface area contributed by atoms with Gasteiger partial charge in [0.05, 0.1) is 12.6 Å². The Morgan fingerprint density at radius 2 is 1.52 bits per heavy atom. The average Bonchev–Trinajstić information content (AvgIpc) is 2.62. The Labute approximate surface area is 147 Å². The van der Waals surface area contributed by atoms with Crippen molar-refractivity contribution in [1.29, 1.82) is 0 Å².